The maximum atomic E-state index is 10.0. The molecule has 0 aromatic rings. The molecule has 0 saturated carbocycles. The molecule has 1 heterocycles. The van der Waals surface area contributed by atoms with Crippen molar-refractivity contribution in [3.63, 3.8) is 0 Å². The summed E-state index contributed by atoms with van der Waals surface area (Å²) in [6.45, 7) is 26.6. The summed E-state index contributed by atoms with van der Waals surface area (Å²) in [5, 5.41) is 0. The fourth-order valence-electron chi connectivity index (χ4n) is 2.87. The van der Waals surface area contributed by atoms with E-state index in [9.17, 15) is 9.59 Å². The Morgan fingerprint density at radius 3 is 1.30 bits per heavy atom. The molecule has 0 spiro atoms. The summed E-state index contributed by atoms with van der Waals surface area (Å²) in [5.41, 5.74) is 0. The zero-order valence-electron chi connectivity index (χ0n) is 36.1. The average Bonchev–Trinajstić information content (AvgIpc) is 3.32. The average molecular weight is 699 g/mol. The Kier molecular flexibility index (Phi) is 68.7. The van der Waals surface area contributed by atoms with Crippen LogP contribution in [0.2, 0.25) is 0 Å². The van der Waals surface area contributed by atoms with Gasteiger partial charge in [-0.3, -0.25) is 0 Å². The van der Waals surface area contributed by atoms with Crippen LogP contribution in [0.3, 0.4) is 0 Å². The summed E-state index contributed by atoms with van der Waals surface area (Å²) < 4.78 is 10.5. The highest BCUT2D eigenvalue weighted by Crippen LogP contribution is 2.20. The van der Waals surface area contributed by atoms with Crippen LogP contribution in [0.4, 0.5) is 0 Å². The molecule has 1 fully saturated rings. The number of carbonyl (C=O) groups excluding carboxylic acids is 2. The zero-order valence-corrected chi connectivity index (χ0v) is 37.0. The van der Waals surface area contributed by atoms with E-state index in [0.717, 1.165) is 25.5 Å². The van der Waals surface area contributed by atoms with Gasteiger partial charge in [-0.05, 0) is 114 Å². The van der Waals surface area contributed by atoms with E-state index < -0.39 is 0 Å². The molecule has 7 nitrogen and oxygen atoms in total. The molecule has 0 aromatic carbocycles. The quantitative estimate of drug-likeness (QED) is 0.140. The molecule has 1 saturated heterocycles. The van der Waals surface area contributed by atoms with E-state index >= 15 is 0 Å². The molecule has 0 aliphatic carbocycles. The lowest BCUT2D eigenvalue weighted by Crippen LogP contribution is -2.41. The fourth-order valence-corrected chi connectivity index (χ4v) is 2.87. The maximum Gasteiger partial charge on any atom is 0.129 e. The number of ketones is 2. The second-order valence-corrected chi connectivity index (χ2v) is 14.3. The van der Waals surface area contributed by atoms with Gasteiger partial charge in [-0.15, -0.1) is 0 Å². The van der Waals surface area contributed by atoms with Gasteiger partial charge in [-0.1, -0.05) is 53.9 Å². The number of methoxy groups -OCH3 is 2. The lowest BCUT2D eigenvalue weighted by atomic mass is 10.2. The molecule has 8 heteroatoms. The van der Waals surface area contributed by atoms with Crippen LogP contribution < -0.4 is 0 Å². The van der Waals surface area contributed by atoms with Crippen molar-refractivity contribution >= 4 is 23.3 Å². The molecule has 0 aromatic heterocycles. The van der Waals surface area contributed by atoms with Crippen LogP contribution in [0.5, 0.6) is 0 Å². The van der Waals surface area contributed by atoms with Gasteiger partial charge >= 0.3 is 0 Å². The van der Waals surface area contributed by atoms with Crippen molar-refractivity contribution in [2.45, 2.75) is 153 Å². The van der Waals surface area contributed by atoms with Gasteiger partial charge < -0.3 is 33.3 Å². The minimum atomic E-state index is 0.255. The number of nitrogens with zero attached hydrogens (tertiary/aromatic N) is 3. The first kappa shape index (κ1) is 61.7. The molecule has 0 amide bonds. The number of quaternary nitrogens is 1. The summed E-state index contributed by atoms with van der Waals surface area (Å²) in [7, 11) is 16.5. The van der Waals surface area contributed by atoms with Gasteiger partial charge in [0.25, 0.3) is 0 Å². The number of hydrogen-bond donors (Lipinski definition) is 0. The summed E-state index contributed by atoms with van der Waals surface area (Å²) in [4.78, 5) is 24.3. The van der Waals surface area contributed by atoms with Crippen LogP contribution in [-0.2, 0) is 19.1 Å². The van der Waals surface area contributed by atoms with Crippen molar-refractivity contribution in [3.8, 4) is 0 Å². The largest absolute Gasteiger partial charge is 0.385 e. The number of Topliss-reactive ketones (excluding diaryl/α,β-unsaturated/α-hetero) is 2. The van der Waals surface area contributed by atoms with Crippen LogP contribution in [0.25, 0.3) is 0 Å². The van der Waals surface area contributed by atoms with Gasteiger partial charge in [0.1, 0.15) is 11.6 Å². The van der Waals surface area contributed by atoms with Gasteiger partial charge in [-0.25, -0.2) is 0 Å². The van der Waals surface area contributed by atoms with Crippen LogP contribution in [-0.4, -0.2) is 133 Å². The molecule has 1 rings (SSSR count). The molecular weight excluding hydrogens is 607 g/mol. The first-order chi connectivity index (χ1) is 21.8. The van der Waals surface area contributed by atoms with Crippen LogP contribution in [0, 0.1) is 0 Å². The predicted octanol–water partition coefficient (Wildman–Crippen LogP) is 9.76. The monoisotopic (exact) mass is 699 g/mol. The number of rotatable bonds is 13. The number of ether oxygens (including phenoxy) is 2. The number of carbonyl (C=O) groups is 2. The lowest BCUT2D eigenvalue weighted by molar-refractivity contribution is -0.900. The molecular formula is C39H92N3O4S+. The first-order valence-corrected chi connectivity index (χ1v) is 19.8. The van der Waals surface area contributed by atoms with Crippen molar-refractivity contribution in [2.24, 2.45) is 0 Å². The van der Waals surface area contributed by atoms with E-state index in [4.69, 9.17) is 4.74 Å². The van der Waals surface area contributed by atoms with Crippen LogP contribution in [0.1, 0.15) is 140 Å². The minimum Gasteiger partial charge on any atom is -0.385 e. The van der Waals surface area contributed by atoms with Gasteiger partial charge in [0.2, 0.25) is 0 Å². The van der Waals surface area contributed by atoms with Crippen molar-refractivity contribution in [2.75, 3.05) is 94.8 Å². The second-order valence-electron chi connectivity index (χ2n) is 13.1. The maximum absolute atomic E-state index is 10.0. The highest BCUT2D eigenvalue weighted by Gasteiger charge is 2.29. The van der Waals surface area contributed by atoms with E-state index in [1.165, 1.54) is 74.8 Å². The Labute approximate surface area is 303 Å². The van der Waals surface area contributed by atoms with Crippen LogP contribution in [0.15, 0.2) is 0 Å². The summed E-state index contributed by atoms with van der Waals surface area (Å²) in [5.74, 6) is 1.78. The molecule has 292 valence electrons. The third kappa shape index (κ3) is 92.6. The SMILES string of the molecule is CCC(C)=O.CCCC(C)=O.CCCCCN(C)C.CCCCN(C)C.CCOC.CCSC.COC(C)C.C[C@@H]1CCC[N+]1(C)C. The van der Waals surface area contributed by atoms with Crippen molar-refractivity contribution < 1.29 is 23.5 Å². The Hall–Kier alpha value is -0.510. The van der Waals surface area contributed by atoms with Crippen molar-refractivity contribution in [3.05, 3.63) is 0 Å². The normalized spacial score (nSPS) is 13.6. The van der Waals surface area contributed by atoms with Gasteiger partial charge in [0, 0.05) is 46.5 Å². The number of thioether (sulfide) groups is 1. The summed E-state index contributed by atoms with van der Waals surface area (Å²) >= 11 is 1.86. The van der Waals surface area contributed by atoms with Crippen LogP contribution >= 0.6 is 11.8 Å². The highest BCUT2D eigenvalue weighted by molar-refractivity contribution is 7.98. The second kappa shape index (κ2) is 52.3. The molecule has 0 N–H and O–H groups in total. The molecule has 1 aliphatic rings. The van der Waals surface area contributed by atoms with Gasteiger partial charge in [0.15, 0.2) is 0 Å². The highest BCUT2D eigenvalue weighted by atomic mass is 32.2. The third-order valence-corrected chi connectivity index (χ3v) is 7.44. The Balaban J connectivity index is -0.0000000789. The van der Waals surface area contributed by atoms with E-state index in [1.807, 2.05) is 46.4 Å². The van der Waals surface area contributed by atoms with E-state index in [2.05, 4.69) is 90.8 Å². The summed E-state index contributed by atoms with van der Waals surface area (Å²) in [6.07, 6.45) is 14.4. The van der Waals surface area contributed by atoms with Crippen molar-refractivity contribution in [1.82, 2.24) is 9.80 Å². The molecule has 1 atom stereocenters. The standard InChI is InChI=1S/C7H16N.C7H17N.C6H15N.C5H10O.C4H10O.C4H8O.C3H8O.C3H8S/c1-7-5-4-6-8(7,2)3;1-4-5-6-7-8(2)3;1-4-5-6-7(2)3;1-3-4-5(2)6;1-4(2)5-3;1-3-4(2)5;2*1-3-4-2/h7H,4-6H2,1-3H3;4-7H2,1-3H3;4-6H2,1-3H3;3-4H2,1-2H3;4H,1-3H3;3H2,1-2H3;2*3H2,1-2H3/q+1;;;;;;;/t7-;;;;;;;/m1......./s1. The first-order valence-electron chi connectivity index (χ1n) is 18.4. The number of hydrogen-bond acceptors (Lipinski definition) is 7. The Bertz CT molecular complexity index is 552. The topological polar surface area (TPSA) is 59.1 Å². The zero-order chi connectivity index (χ0) is 38.7. The van der Waals surface area contributed by atoms with E-state index in [0.29, 0.717) is 12.5 Å². The molecule has 0 unspecified atom stereocenters. The third-order valence-electron chi connectivity index (χ3n) is 6.87. The van der Waals surface area contributed by atoms with Gasteiger partial charge in [0.05, 0.1) is 32.8 Å². The molecule has 0 radical (unpaired) electrons. The lowest BCUT2D eigenvalue weighted by Gasteiger charge is -2.28. The van der Waals surface area contributed by atoms with Gasteiger partial charge in [-0.2, -0.15) is 11.8 Å². The Morgan fingerprint density at radius 2 is 1.19 bits per heavy atom. The predicted molar refractivity (Wildman–Crippen MR) is 218 cm³/mol. The molecule has 0 bridgehead atoms. The number of unbranched alkanes of at least 4 members (excludes halogenated alkanes) is 3. The van der Waals surface area contributed by atoms with Crippen molar-refractivity contribution in [1.29, 1.82) is 0 Å². The van der Waals surface area contributed by atoms with E-state index in [-0.39, 0.29) is 11.6 Å². The van der Waals surface area contributed by atoms with E-state index in [1.54, 1.807) is 28.1 Å². The molecule has 47 heavy (non-hydrogen) atoms. The fraction of sp³-hybridized carbons (Fsp3) is 0.949. The minimum absolute atomic E-state index is 0.255. The molecule has 1 aliphatic heterocycles. The Morgan fingerprint density at radius 1 is 0.809 bits per heavy atom. The smallest absolute Gasteiger partial charge is 0.129 e. The number of likely N-dealkylation sites (tertiary alicyclic amines) is 1. The summed E-state index contributed by atoms with van der Waals surface area (Å²) in [6, 6.07) is 0.898.